The number of piperidine rings is 1. The van der Waals surface area contributed by atoms with E-state index in [0.717, 1.165) is 25.3 Å². The van der Waals surface area contributed by atoms with Gasteiger partial charge in [0.1, 0.15) is 0 Å². The summed E-state index contributed by atoms with van der Waals surface area (Å²) in [4.78, 5) is 16.4. The van der Waals surface area contributed by atoms with Gasteiger partial charge in [-0.3, -0.25) is 9.78 Å². The van der Waals surface area contributed by atoms with E-state index in [1.54, 1.807) is 6.20 Å². The smallest absolute Gasteiger partial charge is 0.252 e. The van der Waals surface area contributed by atoms with E-state index in [9.17, 15) is 4.79 Å². The third-order valence-electron chi connectivity index (χ3n) is 4.01. The molecule has 1 aromatic rings. The molecule has 2 aliphatic rings. The highest BCUT2D eigenvalue weighted by Crippen LogP contribution is 2.27. The first-order chi connectivity index (χ1) is 9.33. The fourth-order valence-electron chi connectivity index (χ4n) is 2.55. The molecule has 1 aliphatic heterocycles. The Kier molecular flexibility index (Phi) is 7.43. The zero-order valence-corrected chi connectivity index (χ0v) is 13.6. The molecule has 1 atom stereocenters. The molecule has 0 aromatic carbocycles. The third-order valence-corrected chi connectivity index (χ3v) is 4.01. The Hall–Kier alpha value is -0.840. The lowest BCUT2D eigenvalue weighted by atomic mass is 9.95. The van der Waals surface area contributed by atoms with Crippen LogP contribution in [0.2, 0.25) is 0 Å². The predicted octanol–water partition coefficient (Wildman–Crippen LogP) is 2.53. The normalized spacial score (nSPS) is 20.9. The third kappa shape index (κ3) is 5.13. The topological polar surface area (TPSA) is 54.0 Å². The van der Waals surface area contributed by atoms with E-state index in [1.165, 1.54) is 25.7 Å². The molecule has 1 unspecified atom stereocenters. The molecule has 2 fully saturated rings. The first-order valence-electron chi connectivity index (χ1n) is 7.28. The van der Waals surface area contributed by atoms with Gasteiger partial charge in [0.25, 0.3) is 5.91 Å². The van der Waals surface area contributed by atoms with Crippen LogP contribution < -0.4 is 10.6 Å². The second-order valence-electron chi connectivity index (χ2n) is 5.67. The molecule has 1 saturated heterocycles. The number of nitrogens with one attached hydrogen (secondary N) is 2. The van der Waals surface area contributed by atoms with Crippen LogP contribution >= 0.6 is 24.8 Å². The number of nitrogens with zero attached hydrogens (tertiary/aromatic N) is 1. The van der Waals surface area contributed by atoms with Crippen molar-refractivity contribution < 1.29 is 4.79 Å². The lowest BCUT2D eigenvalue weighted by Gasteiger charge is -2.22. The van der Waals surface area contributed by atoms with E-state index in [0.29, 0.717) is 17.4 Å². The van der Waals surface area contributed by atoms with Gasteiger partial charge in [-0.1, -0.05) is 0 Å². The number of carbonyl (C=O) groups excluding carboxylic acids is 1. The molecule has 0 spiro atoms. The maximum Gasteiger partial charge on any atom is 0.252 e. The maximum atomic E-state index is 11.9. The summed E-state index contributed by atoms with van der Waals surface area (Å²) in [6.45, 7) is 2.92. The van der Waals surface area contributed by atoms with E-state index in [1.807, 2.05) is 12.1 Å². The first kappa shape index (κ1) is 18.2. The molecular weight excluding hydrogens is 309 g/mol. The van der Waals surface area contributed by atoms with Gasteiger partial charge >= 0.3 is 0 Å². The summed E-state index contributed by atoms with van der Waals surface area (Å²) >= 11 is 0. The van der Waals surface area contributed by atoms with Crippen LogP contribution in [0, 0.1) is 5.92 Å². The minimum atomic E-state index is 0. The highest BCUT2D eigenvalue weighted by Gasteiger charge is 2.22. The Morgan fingerprint density at radius 3 is 2.67 bits per heavy atom. The van der Waals surface area contributed by atoms with Gasteiger partial charge in [-0.2, -0.15) is 0 Å². The standard InChI is InChI=1S/C15H21N3O.2ClH/c19-15(18-8-11-3-4-11)13-5-6-14(17-10-13)12-2-1-7-16-9-12;;/h5-6,10-12,16H,1-4,7-9H2,(H,18,19);2*1H. The Morgan fingerprint density at radius 2 is 2.10 bits per heavy atom. The van der Waals surface area contributed by atoms with Crippen molar-refractivity contribution in [1.29, 1.82) is 0 Å². The quantitative estimate of drug-likeness (QED) is 0.891. The molecule has 1 aromatic heterocycles. The van der Waals surface area contributed by atoms with Crippen molar-refractivity contribution in [2.75, 3.05) is 19.6 Å². The van der Waals surface area contributed by atoms with Crippen LogP contribution in [0.3, 0.4) is 0 Å². The van der Waals surface area contributed by atoms with Gasteiger partial charge in [0.05, 0.1) is 5.56 Å². The van der Waals surface area contributed by atoms with Crippen molar-refractivity contribution in [3.05, 3.63) is 29.6 Å². The number of rotatable bonds is 4. The summed E-state index contributed by atoms with van der Waals surface area (Å²) in [5.41, 5.74) is 1.78. The molecule has 1 amide bonds. The molecule has 21 heavy (non-hydrogen) atoms. The van der Waals surface area contributed by atoms with Crippen molar-refractivity contribution in [3.8, 4) is 0 Å². The van der Waals surface area contributed by atoms with E-state index in [2.05, 4.69) is 15.6 Å². The van der Waals surface area contributed by atoms with E-state index < -0.39 is 0 Å². The SMILES string of the molecule is Cl.Cl.O=C(NCC1CC1)c1ccc(C2CCCNC2)nc1. The molecule has 2 N–H and O–H groups in total. The number of hydrogen-bond donors (Lipinski definition) is 2. The fraction of sp³-hybridized carbons (Fsp3) is 0.600. The second-order valence-corrected chi connectivity index (χ2v) is 5.67. The zero-order valence-electron chi connectivity index (χ0n) is 12.0. The predicted molar refractivity (Wildman–Crippen MR) is 88.6 cm³/mol. The highest BCUT2D eigenvalue weighted by molar-refractivity contribution is 5.93. The molecule has 0 radical (unpaired) electrons. The first-order valence-corrected chi connectivity index (χ1v) is 7.28. The molecule has 4 nitrogen and oxygen atoms in total. The van der Waals surface area contributed by atoms with E-state index in [4.69, 9.17) is 0 Å². The minimum Gasteiger partial charge on any atom is -0.352 e. The average molecular weight is 332 g/mol. The van der Waals surface area contributed by atoms with Crippen LogP contribution in [0.1, 0.15) is 47.7 Å². The van der Waals surface area contributed by atoms with Gasteiger partial charge in [-0.15, -0.1) is 24.8 Å². The molecule has 118 valence electrons. The van der Waals surface area contributed by atoms with Crippen LogP contribution in [0.25, 0.3) is 0 Å². The zero-order chi connectivity index (χ0) is 13.1. The van der Waals surface area contributed by atoms with Crippen molar-refractivity contribution in [2.24, 2.45) is 5.92 Å². The Bertz CT molecular complexity index is 443. The van der Waals surface area contributed by atoms with Crippen molar-refractivity contribution in [1.82, 2.24) is 15.6 Å². The summed E-state index contributed by atoms with van der Waals surface area (Å²) in [6, 6.07) is 3.91. The van der Waals surface area contributed by atoms with Gasteiger partial charge in [-0.05, 0) is 50.3 Å². The Morgan fingerprint density at radius 1 is 1.29 bits per heavy atom. The van der Waals surface area contributed by atoms with Crippen LogP contribution in [-0.2, 0) is 0 Å². The summed E-state index contributed by atoms with van der Waals surface area (Å²) < 4.78 is 0. The molecule has 0 bridgehead atoms. The summed E-state index contributed by atoms with van der Waals surface area (Å²) in [7, 11) is 0. The van der Waals surface area contributed by atoms with E-state index >= 15 is 0 Å². The van der Waals surface area contributed by atoms with Gasteiger partial charge in [0, 0.05) is 30.9 Å². The lowest BCUT2D eigenvalue weighted by molar-refractivity contribution is 0.0951. The van der Waals surface area contributed by atoms with Gasteiger partial charge in [-0.25, -0.2) is 0 Å². The average Bonchev–Trinajstić information content (AvgIpc) is 3.30. The number of aromatic nitrogens is 1. The molecule has 6 heteroatoms. The molecule has 3 rings (SSSR count). The van der Waals surface area contributed by atoms with Crippen molar-refractivity contribution in [2.45, 2.75) is 31.6 Å². The maximum absolute atomic E-state index is 11.9. The lowest BCUT2D eigenvalue weighted by Crippen LogP contribution is -2.29. The summed E-state index contributed by atoms with van der Waals surface area (Å²) in [5, 5.41) is 6.36. The number of amides is 1. The molecular formula is C15H23Cl2N3O. The van der Waals surface area contributed by atoms with Crippen LogP contribution in [0.5, 0.6) is 0 Å². The largest absolute Gasteiger partial charge is 0.352 e. The Labute approximate surface area is 138 Å². The van der Waals surface area contributed by atoms with Gasteiger partial charge < -0.3 is 10.6 Å². The van der Waals surface area contributed by atoms with Crippen LogP contribution in [-0.4, -0.2) is 30.5 Å². The van der Waals surface area contributed by atoms with E-state index in [-0.39, 0.29) is 30.7 Å². The van der Waals surface area contributed by atoms with Crippen LogP contribution in [0.4, 0.5) is 0 Å². The van der Waals surface area contributed by atoms with Crippen molar-refractivity contribution >= 4 is 30.7 Å². The highest BCUT2D eigenvalue weighted by atomic mass is 35.5. The molecule has 1 aliphatic carbocycles. The number of hydrogen-bond acceptors (Lipinski definition) is 3. The fourth-order valence-corrected chi connectivity index (χ4v) is 2.55. The van der Waals surface area contributed by atoms with Gasteiger partial charge in [0.2, 0.25) is 0 Å². The van der Waals surface area contributed by atoms with Crippen molar-refractivity contribution in [3.63, 3.8) is 0 Å². The number of halogens is 2. The summed E-state index contributed by atoms with van der Waals surface area (Å²) in [5.74, 6) is 1.22. The minimum absolute atomic E-state index is 0. The Balaban J connectivity index is 0.00000110. The number of pyridine rings is 1. The summed E-state index contributed by atoms with van der Waals surface area (Å²) in [6.07, 6.45) is 6.62. The number of carbonyl (C=O) groups is 1. The van der Waals surface area contributed by atoms with Crippen LogP contribution in [0.15, 0.2) is 18.3 Å². The molecule has 2 heterocycles. The van der Waals surface area contributed by atoms with Gasteiger partial charge in [0.15, 0.2) is 0 Å². The second kappa shape index (κ2) is 8.57. The monoisotopic (exact) mass is 331 g/mol. The molecule has 1 saturated carbocycles.